The van der Waals surface area contributed by atoms with Gasteiger partial charge in [0.2, 0.25) is 10.0 Å². The first-order chi connectivity index (χ1) is 8.14. The average Bonchev–Trinajstić information content (AvgIpc) is 3.05. The first-order valence-electron chi connectivity index (χ1n) is 6.12. The Labute approximate surface area is 109 Å². The summed E-state index contributed by atoms with van der Waals surface area (Å²) >= 11 is 0. The molecule has 1 rings (SSSR count). The predicted molar refractivity (Wildman–Crippen MR) is 70.9 cm³/mol. The van der Waals surface area contributed by atoms with Crippen LogP contribution in [-0.4, -0.2) is 31.3 Å². The summed E-state index contributed by atoms with van der Waals surface area (Å²) in [7, 11) is -3.40. The van der Waals surface area contributed by atoms with Crippen LogP contribution in [0.4, 0.5) is 0 Å². The van der Waals surface area contributed by atoms with Gasteiger partial charge >= 0.3 is 0 Å². The summed E-state index contributed by atoms with van der Waals surface area (Å²) < 4.78 is 26.4. The Bertz CT molecular complexity index is 408. The normalized spacial score (nSPS) is 19.8. The molecule has 0 heterocycles. The molecule has 1 fully saturated rings. The monoisotopic (exact) mass is 277 g/mol. The third kappa shape index (κ3) is 5.22. The quantitative estimate of drug-likeness (QED) is 0.290. The number of nitrogens with zero attached hydrogens (tertiary/aromatic N) is 1. The highest BCUT2D eigenvalue weighted by atomic mass is 32.2. The van der Waals surface area contributed by atoms with Gasteiger partial charge in [-0.3, -0.25) is 0 Å². The number of nitrogens with one attached hydrogen (secondary N) is 1. The highest BCUT2D eigenvalue weighted by molar-refractivity contribution is 7.89. The van der Waals surface area contributed by atoms with Crippen LogP contribution < -0.4 is 10.5 Å². The fraction of sp³-hybridized carbons (Fsp3) is 0.909. The molecule has 1 atom stereocenters. The van der Waals surface area contributed by atoms with Crippen molar-refractivity contribution in [2.24, 2.45) is 22.2 Å². The average molecular weight is 277 g/mol. The third-order valence-corrected chi connectivity index (χ3v) is 4.31. The molecular formula is C11H23N3O3S. The molecule has 6 nitrogen and oxygen atoms in total. The van der Waals surface area contributed by atoms with Crippen molar-refractivity contribution in [3.63, 3.8) is 0 Å². The van der Waals surface area contributed by atoms with Gasteiger partial charge in [0.15, 0.2) is 5.84 Å². The number of hydrogen-bond donors (Lipinski definition) is 3. The topological polar surface area (TPSA) is 105 Å². The van der Waals surface area contributed by atoms with E-state index < -0.39 is 16.1 Å². The molecule has 106 valence electrons. The molecule has 0 bridgehead atoms. The lowest BCUT2D eigenvalue weighted by molar-refractivity contribution is 0.314. The SMILES string of the molecule is CC(C)(C)CCS(=O)(=O)NC(C(N)=NO)C1CC1. The molecule has 0 spiro atoms. The van der Waals surface area contributed by atoms with E-state index in [0.717, 1.165) is 12.8 Å². The summed E-state index contributed by atoms with van der Waals surface area (Å²) in [5, 5.41) is 11.6. The second-order valence-corrected chi connectivity index (χ2v) is 7.96. The van der Waals surface area contributed by atoms with Crippen LogP contribution in [0.15, 0.2) is 5.16 Å². The van der Waals surface area contributed by atoms with Crippen molar-refractivity contribution in [3.05, 3.63) is 0 Å². The first kappa shape index (κ1) is 15.2. The molecule has 4 N–H and O–H groups in total. The summed E-state index contributed by atoms with van der Waals surface area (Å²) in [6, 6.07) is -0.569. The predicted octanol–water partition coefficient (Wildman–Crippen LogP) is 0.867. The van der Waals surface area contributed by atoms with Crippen LogP contribution in [0, 0.1) is 11.3 Å². The Kier molecular flexibility index (Phi) is 4.61. The highest BCUT2D eigenvalue weighted by Gasteiger charge is 2.36. The molecule has 1 saturated carbocycles. The van der Waals surface area contributed by atoms with Crippen LogP contribution in [0.2, 0.25) is 0 Å². The highest BCUT2D eigenvalue weighted by Crippen LogP contribution is 2.33. The maximum Gasteiger partial charge on any atom is 0.212 e. The van der Waals surface area contributed by atoms with Crippen molar-refractivity contribution < 1.29 is 13.6 Å². The summed E-state index contributed by atoms with van der Waals surface area (Å²) in [5.74, 6) is 0.153. The van der Waals surface area contributed by atoms with Gasteiger partial charge in [0, 0.05) is 0 Å². The van der Waals surface area contributed by atoms with Crippen LogP contribution in [0.25, 0.3) is 0 Å². The van der Waals surface area contributed by atoms with E-state index in [0.29, 0.717) is 6.42 Å². The third-order valence-electron chi connectivity index (χ3n) is 2.95. The fourth-order valence-electron chi connectivity index (χ4n) is 1.58. The van der Waals surface area contributed by atoms with E-state index in [2.05, 4.69) is 9.88 Å². The zero-order valence-corrected chi connectivity index (χ0v) is 12.0. The van der Waals surface area contributed by atoms with Gasteiger partial charge in [0.05, 0.1) is 11.8 Å². The zero-order chi connectivity index (χ0) is 14.0. The lowest BCUT2D eigenvalue weighted by Crippen LogP contribution is -2.47. The molecule has 7 heteroatoms. The van der Waals surface area contributed by atoms with Gasteiger partial charge in [0.25, 0.3) is 0 Å². The number of sulfonamides is 1. The Balaban J connectivity index is 2.62. The van der Waals surface area contributed by atoms with Crippen molar-refractivity contribution in [3.8, 4) is 0 Å². The molecule has 0 saturated heterocycles. The largest absolute Gasteiger partial charge is 0.409 e. The van der Waals surface area contributed by atoms with Crippen molar-refractivity contribution in [2.45, 2.75) is 46.1 Å². The van der Waals surface area contributed by atoms with Crippen molar-refractivity contribution in [1.29, 1.82) is 0 Å². The van der Waals surface area contributed by atoms with Crippen LogP contribution in [0.1, 0.15) is 40.0 Å². The Hall–Kier alpha value is -0.820. The molecule has 0 radical (unpaired) electrons. The first-order valence-corrected chi connectivity index (χ1v) is 7.77. The van der Waals surface area contributed by atoms with Gasteiger partial charge in [-0.25, -0.2) is 13.1 Å². The maximum atomic E-state index is 11.9. The number of oxime groups is 1. The van der Waals surface area contributed by atoms with Crippen LogP contribution >= 0.6 is 0 Å². The Morgan fingerprint density at radius 3 is 2.44 bits per heavy atom. The fourth-order valence-corrected chi connectivity index (χ4v) is 3.28. The van der Waals surface area contributed by atoms with Gasteiger partial charge in [-0.1, -0.05) is 25.9 Å². The minimum atomic E-state index is -3.40. The van der Waals surface area contributed by atoms with E-state index in [1.54, 1.807) is 0 Å². The Morgan fingerprint density at radius 1 is 1.50 bits per heavy atom. The van der Waals surface area contributed by atoms with Gasteiger partial charge in [0.1, 0.15) is 0 Å². The van der Waals surface area contributed by atoms with E-state index >= 15 is 0 Å². The summed E-state index contributed by atoms with van der Waals surface area (Å²) in [6.45, 7) is 5.97. The van der Waals surface area contributed by atoms with Crippen LogP contribution in [-0.2, 0) is 10.0 Å². The molecule has 0 aromatic carbocycles. The molecule has 0 aromatic rings. The molecule has 0 amide bonds. The second kappa shape index (κ2) is 5.44. The number of rotatable bonds is 6. The van der Waals surface area contributed by atoms with Crippen molar-refractivity contribution in [2.75, 3.05) is 5.75 Å². The van der Waals surface area contributed by atoms with Gasteiger partial charge < -0.3 is 10.9 Å². The van der Waals surface area contributed by atoms with E-state index in [1.807, 2.05) is 20.8 Å². The number of amidine groups is 1. The summed E-state index contributed by atoms with van der Waals surface area (Å²) in [4.78, 5) is 0. The Morgan fingerprint density at radius 2 is 2.06 bits per heavy atom. The minimum absolute atomic E-state index is 0.0412. The van der Waals surface area contributed by atoms with E-state index in [-0.39, 0.29) is 22.9 Å². The van der Waals surface area contributed by atoms with Gasteiger partial charge in [-0.2, -0.15) is 0 Å². The standard InChI is InChI=1S/C11H23N3O3S/c1-11(2,3)6-7-18(16,17)14-9(8-4-5-8)10(12)13-15/h8-9,14-15H,4-7H2,1-3H3,(H2,12,13). The van der Waals surface area contributed by atoms with Gasteiger partial charge in [-0.05, 0) is 30.6 Å². The lowest BCUT2D eigenvalue weighted by Gasteiger charge is -2.20. The van der Waals surface area contributed by atoms with Crippen molar-refractivity contribution in [1.82, 2.24) is 4.72 Å². The number of hydrogen-bond acceptors (Lipinski definition) is 4. The summed E-state index contributed by atoms with van der Waals surface area (Å²) in [6.07, 6.45) is 2.38. The molecule has 1 aliphatic rings. The van der Waals surface area contributed by atoms with Crippen LogP contribution in [0.3, 0.4) is 0 Å². The molecule has 0 aliphatic heterocycles. The molecule has 1 aliphatic carbocycles. The zero-order valence-electron chi connectivity index (χ0n) is 11.2. The molecule has 1 unspecified atom stereocenters. The lowest BCUT2D eigenvalue weighted by atomic mass is 9.94. The smallest absolute Gasteiger partial charge is 0.212 e. The van der Waals surface area contributed by atoms with E-state index in [9.17, 15) is 8.42 Å². The number of nitrogens with two attached hydrogens (primary N) is 1. The second-order valence-electron chi connectivity index (χ2n) is 6.09. The minimum Gasteiger partial charge on any atom is -0.409 e. The molecular weight excluding hydrogens is 254 g/mol. The molecule has 0 aromatic heterocycles. The summed E-state index contributed by atoms with van der Waals surface area (Å²) in [5.41, 5.74) is 5.48. The van der Waals surface area contributed by atoms with Crippen molar-refractivity contribution >= 4 is 15.9 Å². The molecule has 18 heavy (non-hydrogen) atoms. The van der Waals surface area contributed by atoms with Gasteiger partial charge in [-0.15, -0.1) is 0 Å². The van der Waals surface area contributed by atoms with E-state index in [4.69, 9.17) is 10.9 Å². The van der Waals surface area contributed by atoms with Crippen LogP contribution in [0.5, 0.6) is 0 Å². The van der Waals surface area contributed by atoms with E-state index in [1.165, 1.54) is 0 Å². The maximum absolute atomic E-state index is 11.9.